The van der Waals surface area contributed by atoms with Gasteiger partial charge in [-0.3, -0.25) is 4.98 Å². The molecule has 0 aliphatic heterocycles. The second-order valence-corrected chi connectivity index (χ2v) is 4.01. The predicted molar refractivity (Wildman–Crippen MR) is 70.5 cm³/mol. The Morgan fingerprint density at radius 2 is 1.89 bits per heavy atom. The highest BCUT2D eigenvalue weighted by molar-refractivity contribution is 5.90. The maximum Gasteiger partial charge on any atom is 0.339 e. The summed E-state index contributed by atoms with van der Waals surface area (Å²) < 4.78 is 4.68. The standard InChI is InChI=1S/C15H12N2O2/c1-10-13(15(18)19-2)7-8-14(17-10)12-5-3-11(9-16)4-6-12/h3-8H,1-2H3. The van der Waals surface area contributed by atoms with Crippen LogP contribution in [0.1, 0.15) is 21.6 Å². The number of aryl methyl sites for hydroxylation is 1. The summed E-state index contributed by atoms with van der Waals surface area (Å²) in [6.07, 6.45) is 0. The third-order valence-corrected chi connectivity index (χ3v) is 2.80. The van der Waals surface area contributed by atoms with Crippen molar-refractivity contribution in [3.8, 4) is 17.3 Å². The van der Waals surface area contributed by atoms with Crippen LogP contribution in [-0.2, 0) is 4.74 Å². The molecule has 1 aromatic heterocycles. The van der Waals surface area contributed by atoms with Gasteiger partial charge < -0.3 is 4.74 Å². The van der Waals surface area contributed by atoms with E-state index in [-0.39, 0.29) is 0 Å². The van der Waals surface area contributed by atoms with E-state index in [1.54, 1.807) is 31.2 Å². The molecule has 1 aromatic carbocycles. The van der Waals surface area contributed by atoms with Crippen LogP contribution in [0.3, 0.4) is 0 Å². The second kappa shape index (κ2) is 5.32. The molecule has 0 fully saturated rings. The fourth-order valence-electron chi connectivity index (χ4n) is 1.76. The average molecular weight is 252 g/mol. The number of hydrogen-bond acceptors (Lipinski definition) is 4. The van der Waals surface area contributed by atoms with E-state index in [1.165, 1.54) is 7.11 Å². The van der Waals surface area contributed by atoms with Crippen LogP contribution in [0, 0.1) is 18.3 Å². The van der Waals surface area contributed by atoms with Crippen molar-refractivity contribution in [2.45, 2.75) is 6.92 Å². The maximum atomic E-state index is 11.5. The summed E-state index contributed by atoms with van der Waals surface area (Å²) in [5.74, 6) is -0.392. The monoisotopic (exact) mass is 252 g/mol. The third kappa shape index (κ3) is 2.61. The molecule has 19 heavy (non-hydrogen) atoms. The van der Waals surface area contributed by atoms with Crippen LogP contribution in [-0.4, -0.2) is 18.1 Å². The summed E-state index contributed by atoms with van der Waals surface area (Å²) in [6, 6.07) is 12.7. The number of aromatic nitrogens is 1. The predicted octanol–water partition coefficient (Wildman–Crippen LogP) is 2.72. The zero-order valence-electron chi connectivity index (χ0n) is 10.7. The van der Waals surface area contributed by atoms with E-state index in [0.29, 0.717) is 16.8 Å². The smallest absolute Gasteiger partial charge is 0.339 e. The molecule has 0 saturated heterocycles. The van der Waals surface area contributed by atoms with E-state index in [0.717, 1.165) is 11.3 Å². The van der Waals surface area contributed by atoms with Crippen LogP contribution in [0.4, 0.5) is 0 Å². The lowest BCUT2D eigenvalue weighted by Crippen LogP contribution is -2.05. The lowest BCUT2D eigenvalue weighted by atomic mass is 10.1. The van der Waals surface area contributed by atoms with Gasteiger partial charge in [0.05, 0.1) is 35.7 Å². The first kappa shape index (κ1) is 12.8. The fourth-order valence-corrected chi connectivity index (χ4v) is 1.76. The number of benzene rings is 1. The molecule has 2 aromatic rings. The van der Waals surface area contributed by atoms with E-state index < -0.39 is 5.97 Å². The van der Waals surface area contributed by atoms with Gasteiger partial charge in [0.2, 0.25) is 0 Å². The van der Waals surface area contributed by atoms with E-state index >= 15 is 0 Å². The first-order valence-electron chi connectivity index (χ1n) is 5.72. The average Bonchev–Trinajstić information content (AvgIpc) is 2.46. The minimum absolute atomic E-state index is 0.392. The second-order valence-electron chi connectivity index (χ2n) is 4.01. The van der Waals surface area contributed by atoms with Crippen LogP contribution < -0.4 is 0 Å². The van der Waals surface area contributed by atoms with Gasteiger partial charge in [0.1, 0.15) is 0 Å². The molecule has 4 heteroatoms. The molecule has 0 aliphatic carbocycles. The summed E-state index contributed by atoms with van der Waals surface area (Å²) in [6.45, 7) is 1.76. The van der Waals surface area contributed by atoms with Gasteiger partial charge in [0, 0.05) is 5.56 Å². The maximum absolute atomic E-state index is 11.5. The van der Waals surface area contributed by atoms with Crippen LogP contribution in [0.2, 0.25) is 0 Å². The van der Waals surface area contributed by atoms with Gasteiger partial charge in [-0.25, -0.2) is 4.79 Å². The van der Waals surface area contributed by atoms with Crippen molar-refractivity contribution in [3.05, 3.63) is 53.2 Å². The van der Waals surface area contributed by atoms with Crippen molar-refractivity contribution < 1.29 is 9.53 Å². The van der Waals surface area contributed by atoms with E-state index in [9.17, 15) is 4.79 Å². The minimum atomic E-state index is -0.392. The molecule has 2 rings (SSSR count). The molecule has 4 nitrogen and oxygen atoms in total. The number of nitrogens with zero attached hydrogens (tertiary/aromatic N) is 2. The summed E-state index contributed by atoms with van der Waals surface area (Å²) in [5, 5.41) is 8.75. The molecule has 0 unspecified atom stereocenters. The van der Waals surface area contributed by atoms with Gasteiger partial charge in [-0.2, -0.15) is 5.26 Å². The molecule has 0 atom stereocenters. The number of carbonyl (C=O) groups excluding carboxylic acids is 1. The van der Waals surface area contributed by atoms with Crippen molar-refractivity contribution in [1.29, 1.82) is 5.26 Å². The first-order valence-corrected chi connectivity index (χ1v) is 5.72. The zero-order valence-corrected chi connectivity index (χ0v) is 10.7. The number of rotatable bonds is 2. The van der Waals surface area contributed by atoms with Crippen LogP contribution >= 0.6 is 0 Å². The molecule has 0 saturated carbocycles. The fraction of sp³-hybridized carbons (Fsp3) is 0.133. The SMILES string of the molecule is COC(=O)c1ccc(-c2ccc(C#N)cc2)nc1C. The first-order chi connectivity index (χ1) is 9.15. The van der Waals surface area contributed by atoms with Gasteiger partial charge in [-0.15, -0.1) is 0 Å². The molecule has 0 N–H and O–H groups in total. The quantitative estimate of drug-likeness (QED) is 0.771. The highest BCUT2D eigenvalue weighted by atomic mass is 16.5. The van der Waals surface area contributed by atoms with Crippen LogP contribution in [0.5, 0.6) is 0 Å². The van der Waals surface area contributed by atoms with Crippen molar-refractivity contribution in [1.82, 2.24) is 4.98 Å². The normalized spacial score (nSPS) is 9.74. The number of nitriles is 1. The Bertz CT molecular complexity index is 655. The highest BCUT2D eigenvalue weighted by Gasteiger charge is 2.11. The van der Waals surface area contributed by atoms with Gasteiger partial charge in [-0.05, 0) is 31.2 Å². The number of ether oxygens (including phenoxy) is 1. The summed E-state index contributed by atoms with van der Waals surface area (Å²) in [4.78, 5) is 15.9. The van der Waals surface area contributed by atoms with Crippen molar-refractivity contribution in [2.24, 2.45) is 0 Å². The van der Waals surface area contributed by atoms with Crippen LogP contribution in [0.15, 0.2) is 36.4 Å². The van der Waals surface area contributed by atoms with Gasteiger partial charge in [0.15, 0.2) is 0 Å². The minimum Gasteiger partial charge on any atom is -0.465 e. The third-order valence-electron chi connectivity index (χ3n) is 2.80. The van der Waals surface area contributed by atoms with Crippen LogP contribution in [0.25, 0.3) is 11.3 Å². The Labute approximate surface area is 111 Å². The summed E-state index contributed by atoms with van der Waals surface area (Å²) in [7, 11) is 1.34. The molecule has 0 amide bonds. The largest absolute Gasteiger partial charge is 0.465 e. The molecule has 1 heterocycles. The number of hydrogen-bond donors (Lipinski definition) is 0. The van der Waals surface area contributed by atoms with E-state index in [1.807, 2.05) is 12.1 Å². The molecular formula is C15H12N2O2. The van der Waals surface area contributed by atoms with Gasteiger partial charge >= 0.3 is 5.97 Å². The molecule has 0 aliphatic rings. The van der Waals surface area contributed by atoms with Gasteiger partial charge in [-0.1, -0.05) is 12.1 Å². The van der Waals surface area contributed by atoms with E-state index in [2.05, 4.69) is 15.8 Å². The summed E-state index contributed by atoms with van der Waals surface area (Å²) in [5.41, 5.74) is 3.34. The molecule has 94 valence electrons. The Morgan fingerprint density at radius 1 is 1.21 bits per heavy atom. The Morgan fingerprint density at radius 3 is 2.42 bits per heavy atom. The lowest BCUT2D eigenvalue weighted by Gasteiger charge is -2.06. The molecule has 0 spiro atoms. The highest BCUT2D eigenvalue weighted by Crippen LogP contribution is 2.19. The number of pyridine rings is 1. The molecular weight excluding hydrogens is 240 g/mol. The molecule has 0 radical (unpaired) electrons. The number of methoxy groups -OCH3 is 1. The number of carbonyl (C=O) groups is 1. The molecule has 0 bridgehead atoms. The van der Waals surface area contributed by atoms with E-state index in [4.69, 9.17) is 5.26 Å². The Hall–Kier alpha value is -2.67. The topological polar surface area (TPSA) is 63.0 Å². The Balaban J connectivity index is 2.39. The summed E-state index contributed by atoms with van der Waals surface area (Å²) >= 11 is 0. The van der Waals surface area contributed by atoms with Gasteiger partial charge in [0.25, 0.3) is 0 Å². The van der Waals surface area contributed by atoms with Crippen molar-refractivity contribution in [3.63, 3.8) is 0 Å². The van der Waals surface area contributed by atoms with Crippen molar-refractivity contribution in [2.75, 3.05) is 7.11 Å². The lowest BCUT2D eigenvalue weighted by molar-refractivity contribution is 0.0599. The number of esters is 1. The van der Waals surface area contributed by atoms with Crippen molar-refractivity contribution >= 4 is 5.97 Å². The zero-order chi connectivity index (χ0) is 13.8. The Kier molecular flexibility index (Phi) is 3.58.